The lowest BCUT2D eigenvalue weighted by molar-refractivity contribution is -0.143. The first-order chi connectivity index (χ1) is 10.6. The van der Waals surface area contributed by atoms with E-state index in [0.29, 0.717) is 30.1 Å². The zero-order valence-corrected chi connectivity index (χ0v) is 14.9. The predicted molar refractivity (Wildman–Crippen MR) is 91.7 cm³/mol. The van der Waals surface area contributed by atoms with Gasteiger partial charge in [-0.2, -0.15) is 0 Å². The van der Waals surface area contributed by atoms with Crippen molar-refractivity contribution in [3.05, 3.63) is 24.3 Å². The number of hydrogen-bond acceptors (Lipinski definition) is 3. The van der Waals surface area contributed by atoms with Gasteiger partial charge in [-0.3, -0.25) is 0 Å². The number of rotatable bonds is 4. The van der Waals surface area contributed by atoms with E-state index in [1.807, 2.05) is 0 Å². The third-order valence-electron chi connectivity index (χ3n) is 7.16. The fourth-order valence-corrected chi connectivity index (χ4v) is 5.96. The Kier molecular flexibility index (Phi) is 4.06. The molecule has 8 atom stereocenters. The summed E-state index contributed by atoms with van der Waals surface area (Å²) in [5.41, 5.74) is -0.134. The summed E-state index contributed by atoms with van der Waals surface area (Å²) in [4.78, 5) is 0. The molecule has 0 aromatic heterocycles. The number of fused-ring (bicyclic) bond motifs is 4. The molecule has 3 fully saturated rings. The normalized spacial score (nSPS) is 47.3. The van der Waals surface area contributed by atoms with Gasteiger partial charge in [-0.25, -0.2) is 0 Å². The maximum absolute atomic E-state index is 10.7. The first kappa shape index (κ1) is 17.2. The quantitative estimate of drug-likeness (QED) is 0.698. The zero-order valence-electron chi connectivity index (χ0n) is 14.9. The fourth-order valence-electron chi connectivity index (χ4n) is 5.96. The van der Waals surface area contributed by atoms with Crippen LogP contribution in [0.4, 0.5) is 0 Å². The van der Waals surface area contributed by atoms with E-state index in [2.05, 4.69) is 20.4 Å². The molecule has 0 amide bonds. The Morgan fingerprint density at radius 2 is 2.00 bits per heavy atom. The highest BCUT2D eigenvalue weighted by molar-refractivity contribution is 5.27. The highest BCUT2D eigenvalue weighted by Gasteiger charge is 2.70. The summed E-state index contributed by atoms with van der Waals surface area (Å²) in [5.74, 6) is 2.64. The maximum Gasteiger partial charge on any atom is 0.0933 e. The van der Waals surface area contributed by atoms with Crippen molar-refractivity contribution in [1.82, 2.24) is 0 Å². The zero-order chi connectivity index (χ0) is 17.2. The fraction of sp³-hybridized carbons (Fsp3) is 0.800. The minimum atomic E-state index is -0.938. The van der Waals surface area contributed by atoms with E-state index in [0.717, 1.165) is 5.57 Å². The molecule has 0 heterocycles. The van der Waals surface area contributed by atoms with Crippen LogP contribution < -0.4 is 0 Å². The average molecular weight is 320 g/mol. The van der Waals surface area contributed by atoms with Crippen molar-refractivity contribution in [1.29, 1.82) is 0 Å². The summed E-state index contributed by atoms with van der Waals surface area (Å²) in [5, 5.41) is 31.0. The van der Waals surface area contributed by atoms with Crippen LogP contribution in [0.2, 0.25) is 0 Å². The molecular formula is C20H32O3. The van der Waals surface area contributed by atoms with Gasteiger partial charge in [0.1, 0.15) is 0 Å². The molecule has 0 radical (unpaired) electrons. The maximum atomic E-state index is 10.7. The standard InChI is InChI=1S/C20H32O3/c1-11-6-7-14-17(11)18-13(10-16(22)20(14,18)5)12(2)15(21)8-9-19(3,4)23/h8-9,11,13-18,21-23H,2,6-7,10H2,1,3-5H3/b9-8+. The van der Waals surface area contributed by atoms with Gasteiger partial charge >= 0.3 is 0 Å². The third-order valence-corrected chi connectivity index (χ3v) is 7.16. The molecule has 0 spiro atoms. The Balaban J connectivity index is 1.78. The molecule has 0 bridgehead atoms. The van der Waals surface area contributed by atoms with Gasteiger partial charge in [-0.1, -0.05) is 39.0 Å². The van der Waals surface area contributed by atoms with Crippen LogP contribution in [0.1, 0.15) is 47.0 Å². The van der Waals surface area contributed by atoms with E-state index in [4.69, 9.17) is 0 Å². The van der Waals surface area contributed by atoms with Gasteiger partial charge in [0, 0.05) is 5.41 Å². The van der Waals surface area contributed by atoms with Crippen LogP contribution in [0.15, 0.2) is 24.3 Å². The Bertz CT molecular complexity index is 517. The largest absolute Gasteiger partial charge is 0.393 e. The lowest BCUT2D eigenvalue weighted by atomic mass is 9.46. The first-order valence-corrected chi connectivity index (χ1v) is 9.04. The van der Waals surface area contributed by atoms with Crippen LogP contribution in [0, 0.1) is 35.0 Å². The monoisotopic (exact) mass is 320 g/mol. The van der Waals surface area contributed by atoms with Crippen LogP contribution in [-0.2, 0) is 0 Å². The summed E-state index contributed by atoms with van der Waals surface area (Å²) >= 11 is 0. The Labute approximate surface area is 140 Å². The molecule has 0 aromatic carbocycles. The highest BCUT2D eigenvalue weighted by atomic mass is 16.3. The second kappa shape index (κ2) is 5.44. The lowest BCUT2D eigenvalue weighted by Gasteiger charge is -2.58. The molecule has 3 aliphatic carbocycles. The van der Waals surface area contributed by atoms with E-state index in [-0.39, 0.29) is 17.4 Å². The molecule has 0 aromatic rings. The third kappa shape index (κ3) is 2.52. The first-order valence-electron chi connectivity index (χ1n) is 9.04. The second-order valence-corrected chi connectivity index (χ2v) is 9.02. The molecule has 3 nitrogen and oxygen atoms in total. The van der Waals surface area contributed by atoms with Crippen molar-refractivity contribution < 1.29 is 15.3 Å². The summed E-state index contributed by atoms with van der Waals surface area (Å²) in [6, 6.07) is 0. The molecule has 130 valence electrons. The van der Waals surface area contributed by atoms with E-state index in [9.17, 15) is 15.3 Å². The molecule has 0 aliphatic heterocycles. The van der Waals surface area contributed by atoms with E-state index in [1.165, 1.54) is 12.8 Å². The summed E-state index contributed by atoms with van der Waals surface area (Å²) < 4.78 is 0. The Morgan fingerprint density at radius 1 is 1.35 bits per heavy atom. The highest BCUT2D eigenvalue weighted by Crippen LogP contribution is 2.73. The number of aliphatic hydroxyl groups is 3. The molecule has 3 N–H and O–H groups in total. The van der Waals surface area contributed by atoms with Crippen LogP contribution in [0.5, 0.6) is 0 Å². The minimum absolute atomic E-state index is 0.00270. The molecule has 23 heavy (non-hydrogen) atoms. The molecule has 3 aliphatic rings. The molecule has 3 rings (SSSR count). The van der Waals surface area contributed by atoms with Crippen molar-refractivity contribution in [2.45, 2.75) is 64.8 Å². The minimum Gasteiger partial charge on any atom is -0.393 e. The summed E-state index contributed by atoms with van der Waals surface area (Å²) in [6.07, 6.45) is 5.43. The van der Waals surface area contributed by atoms with E-state index in [1.54, 1.807) is 26.0 Å². The topological polar surface area (TPSA) is 60.7 Å². The summed E-state index contributed by atoms with van der Waals surface area (Å²) in [7, 11) is 0. The average Bonchev–Trinajstić information content (AvgIpc) is 2.88. The van der Waals surface area contributed by atoms with Crippen LogP contribution >= 0.6 is 0 Å². The Hall–Kier alpha value is -0.640. The van der Waals surface area contributed by atoms with Gasteiger partial charge in [0.15, 0.2) is 0 Å². The Morgan fingerprint density at radius 3 is 2.61 bits per heavy atom. The van der Waals surface area contributed by atoms with E-state index >= 15 is 0 Å². The predicted octanol–water partition coefficient (Wildman–Crippen LogP) is 2.91. The van der Waals surface area contributed by atoms with Crippen molar-refractivity contribution in [3.63, 3.8) is 0 Å². The summed E-state index contributed by atoms with van der Waals surface area (Å²) in [6.45, 7) is 12.1. The number of aliphatic hydroxyl groups excluding tert-OH is 2. The van der Waals surface area contributed by atoms with Crippen LogP contribution in [0.25, 0.3) is 0 Å². The molecule has 0 saturated heterocycles. The molecule has 8 unspecified atom stereocenters. The van der Waals surface area contributed by atoms with Crippen molar-refractivity contribution in [2.75, 3.05) is 0 Å². The van der Waals surface area contributed by atoms with Gasteiger partial charge in [-0.05, 0) is 61.9 Å². The number of hydrogen-bond donors (Lipinski definition) is 3. The molecule has 3 saturated carbocycles. The van der Waals surface area contributed by atoms with Crippen LogP contribution in [0.3, 0.4) is 0 Å². The van der Waals surface area contributed by atoms with Crippen LogP contribution in [-0.4, -0.2) is 33.1 Å². The van der Waals surface area contributed by atoms with Crippen molar-refractivity contribution >= 4 is 0 Å². The smallest absolute Gasteiger partial charge is 0.0933 e. The lowest BCUT2D eigenvalue weighted by Crippen LogP contribution is -2.57. The van der Waals surface area contributed by atoms with Crippen molar-refractivity contribution in [2.24, 2.45) is 35.0 Å². The van der Waals surface area contributed by atoms with Gasteiger partial charge in [0.25, 0.3) is 0 Å². The van der Waals surface area contributed by atoms with Gasteiger partial charge in [0.05, 0.1) is 17.8 Å². The molecular weight excluding hydrogens is 288 g/mol. The molecule has 3 heteroatoms. The van der Waals surface area contributed by atoms with Crippen molar-refractivity contribution in [3.8, 4) is 0 Å². The van der Waals surface area contributed by atoms with E-state index < -0.39 is 11.7 Å². The van der Waals surface area contributed by atoms with Gasteiger partial charge in [-0.15, -0.1) is 0 Å². The van der Waals surface area contributed by atoms with Gasteiger partial charge < -0.3 is 15.3 Å². The van der Waals surface area contributed by atoms with Gasteiger partial charge in [0.2, 0.25) is 0 Å². The SMILES string of the molecule is C=C(C(O)/C=C/C(C)(C)O)C1CC(O)C2(C)C3CCC(C)C3C12. The second-order valence-electron chi connectivity index (χ2n) is 9.02.